The van der Waals surface area contributed by atoms with Crippen molar-refractivity contribution >= 4 is 16.9 Å². The van der Waals surface area contributed by atoms with Gasteiger partial charge >= 0.3 is 0 Å². The second-order valence-electron chi connectivity index (χ2n) is 7.63. The number of furan rings is 2. The van der Waals surface area contributed by atoms with Crippen molar-refractivity contribution in [2.75, 3.05) is 0 Å². The van der Waals surface area contributed by atoms with Crippen LogP contribution in [-0.2, 0) is 0 Å². The zero-order chi connectivity index (χ0) is 18.9. The Kier molecular flexibility index (Phi) is 3.34. The second kappa shape index (κ2) is 5.54. The van der Waals surface area contributed by atoms with Crippen LogP contribution in [0.25, 0.3) is 22.3 Å². The second-order valence-corrected chi connectivity index (χ2v) is 7.63. The summed E-state index contributed by atoms with van der Waals surface area (Å²) in [6, 6.07) is 16.3. The van der Waals surface area contributed by atoms with Crippen LogP contribution in [0, 0.1) is 20.8 Å². The fourth-order valence-corrected chi connectivity index (χ4v) is 4.55. The molecule has 0 fully saturated rings. The van der Waals surface area contributed by atoms with Crippen LogP contribution in [0.2, 0.25) is 0 Å². The summed E-state index contributed by atoms with van der Waals surface area (Å²) in [5.41, 5.74) is 8.91. The number of carbonyl (C=O) groups is 1. The Bertz CT molecular complexity index is 1160. The fourth-order valence-electron chi connectivity index (χ4n) is 4.55. The van der Waals surface area contributed by atoms with Gasteiger partial charge in [-0.2, -0.15) is 0 Å². The predicted molar refractivity (Wildman–Crippen MR) is 106 cm³/mol. The average molecular weight is 356 g/mol. The summed E-state index contributed by atoms with van der Waals surface area (Å²) in [4.78, 5) is 13.1. The van der Waals surface area contributed by atoms with Gasteiger partial charge in [0.2, 0.25) is 0 Å². The molecular formula is C24H20O3. The summed E-state index contributed by atoms with van der Waals surface area (Å²) in [5, 5.41) is 10.9. The van der Waals surface area contributed by atoms with Gasteiger partial charge in [-0.3, -0.25) is 4.79 Å². The first-order chi connectivity index (χ1) is 13.0. The summed E-state index contributed by atoms with van der Waals surface area (Å²) in [5.74, 6) is -0.600. The Morgan fingerprint density at radius 3 is 2.07 bits per heavy atom. The van der Waals surface area contributed by atoms with E-state index in [1.54, 1.807) is 6.07 Å². The molecule has 3 heteroatoms. The molecule has 1 N–H and O–H groups in total. The number of rotatable bonds is 2. The summed E-state index contributed by atoms with van der Waals surface area (Å²) in [7, 11) is 0. The standard InChI is InChI=1S/C24H20O3/c1-12-4-6-15(7-5-12)16-10-13(2)19(14(3)11-16)22-23(25)20-17-8-9-18(27-17)21(20)24(22)26/h4-11,22-23,25H,1-3H3. The molecular weight excluding hydrogens is 336 g/mol. The molecule has 4 aromatic rings. The summed E-state index contributed by atoms with van der Waals surface area (Å²) in [6.07, 6.45) is -0.854. The molecule has 1 aliphatic carbocycles. The van der Waals surface area contributed by atoms with Gasteiger partial charge in [0.05, 0.1) is 17.6 Å². The maximum Gasteiger partial charge on any atom is 0.177 e. The number of carbonyl (C=O) groups excluding carboxylic acids is 1. The third-order valence-corrected chi connectivity index (χ3v) is 5.82. The smallest absolute Gasteiger partial charge is 0.177 e. The molecule has 0 spiro atoms. The van der Waals surface area contributed by atoms with Gasteiger partial charge in [-0.15, -0.1) is 0 Å². The van der Waals surface area contributed by atoms with Crippen LogP contribution in [0.15, 0.2) is 52.9 Å². The lowest BCUT2D eigenvalue weighted by Gasteiger charge is -2.21. The van der Waals surface area contributed by atoms with E-state index in [-0.39, 0.29) is 5.78 Å². The number of aliphatic hydroxyl groups is 1. The van der Waals surface area contributed by atoms with E-state index in [4.69, 9.17) is 4.42 Å². The molecule has 2 atom stereocenters. The number of benzene rings is 3. The van der Waals surface area contributed by atoms with E-state index in [0.717, 1.165) is 27.8 Å². The molecule has 2 unspecified atom stereocenters. The van der Waals surface area contributed by atoms with Crippen LogP contribution in [0.3, 0.4) is 0 Å². The van der Waals surface area contributed by atoms with E-state index in [0.29, 0.717) is 22.3 Å². The van der Waals surface area contributed by atoms with Crippen molar-refractivity contribution in [3.63, 3.8) is 0 Å². The summed E-state index contributed by atoms with van der Waals surface area (Å²) >= 11 is 0. The molecule has 0 radical (unpaired) electrons. The van der Waals surface area contributed by atoms with Crippen LogP contribution in [-0.4, -0.2) is 10.9 Å². The Morgan fingerprint density at radius 1 is 0.815 bits per heavy atom. The molecule has 2 aromatic carbocycles. The Labute approximate surface area is 157 Å². The zero-order valence-corrected chi connectivity index (χ0v) is 15.5. The van der Waals surface area contributed by atoms with Gasteiger partial charge in [-0.1, -0.05) is 42.0 Å². The van der Waals surface area contributed by atoms with Gasteiger partial charge in [0.15, 0.2) is 5.78 Å². The maximum atomic E-state index is 13.1. The van der Waals surface area contributed by atoms with Crippen LogP contribution >= 0.6 is 0 Å². The van der Waals surface area contributed by atoms with Crippen LogP contribution in [0.5, 0.6) is 0 Å². The van der Waals surface area contributed by atoms with Crippen LogP contribution < -0.4 is 0 Å². The number of aryl methyl sites for hydroxylation is 3. The molecule has 0 amide bonds. The third-order valence-electron chi connectivity index (χ3n) is 5.82. The highest BCUT2D eigenvalue weighted by Crippen LogP contribution is 2.50. The minimum absolute atomic E-state index is 0.0406. The number of fused-ring (bicyclic) bond motifs is 5. The first-order valence-corrected chi connectivity index (χ1v) is 9.21. The number of hydrogen-bond donors (Lipinski definition) is 1. The van der Waals surface area contributed by atoms with Crippen molar-refractivity contribution in [3.8, 4) is 11.1 Å². The number of Topliss-reactive ketones (excluding diaryl/α,β-unsaturated/α-hetero) is 1. The van der Waals surface area contributed by atoms with E-state index in [2.05, 4.69) is 43.3 Å². The monoisotopic (exact) mass is 356 g/mol. The summed E-state index contributed by atoms with van der Waals surface area (Å²) in [6.45, 7) is 6.12. The average Bonchev–Trinajstić information content (AvgIpc) is 3.31. The molecule has 0 saturated heterocycles. The van der Waals surface area contributed by atoms with Crippen molar-refractivity contribution in [3.05, 3.63) is 81.9 Å². The molecule has 5 rings (SSSR count). The maximum absolute atomic E-state index is 13.1. The van der Waals surface area contributed by atoms with E-state index in [9.17, 15) is 9.90 Å². The minimum Gasteiger partial charge on any atom is -0.456 e. The quantitative estimate of drug-likeness (QED) is 0.518. The number of ketones is 1. The van der Waals surface area contributed by atoms with Gasteiger partial charge < -0.3 is 9.52 Å². The highest BCUT2D eigenvalue weighted by atomic mass is 16.3. The predicted octanol–water partition coefficient (Wildman–Crippen LogP) is 5.48. The lowest BCUT2D eigenvalue weighted by molar-refractivity contribution is 0.0870. The molecule has 2 heterocycles. The molecule has 2 bridgehead atoms. The van der Waals surface area contributed by atoms with Gasteiger partial charge in [-0.25, -0.2) is 0 Å². The van der Waals surface area contributed by atoms with Gasteiger partial charge in [0, 0.05) is 5.56 Å². The van der Waals surface area contributed by atoms with Gasteiger partial charge in [-0.05, 0) is 60.7 Å². The van der Waals surface area contributed by atoms with Crippen molar-refractivity contribution in [1.82, 2.24) is 0 Å². The normalized spacial score (nSPS) is 19.2. The largest absolute Gasteiger partial charge is 0.456 e. The number of aliphatic hydroxyl groups excluding tert-OH is 1. The molecule has 1 aliphatic rings. The molecule has 0 aliphatic heterocycles. The molecule has 2 aromatic heterocycles. The Balaban J connectivity index is 1.61. The highest BCUT2D eigenvalue weighted by Gasteiger charge is 2.45. The number of hydrogen-bond acceptors (Lipinski definition) is 3. The van der Waals surface area contributed by atoms with Crippen molar-refractivity contribution in [1.29, 1.82) is 0 Å². The first kappa shape index (κ1) is 16.3. The SMILES string of the molecule is Cc1ccc(-c2cc(C)c(C3C(=O)c4c(c5ccc4o5)C3O)c(C)c2)cc1. The first-order valence-electron chi connectivity index (χ1n) is 9.21. The van der Waals surface area contributed by atoms with Gasteiger partial charge in [0.1, 0.15) is 11.2 Å². The van der Waals surface area contributed by atoms with E-state index >= 15 is 0 Å². The topological polar surface area (TPSA) is 50.4 Å². The van der Waals surface area contributed by atoms with Gasteiger partial charge in [0.25, 0.3) is 0 Å². The zero-order valence-electron chi connectivity index (χ0n) is 15.5. The van der Waals surface area contributed by atoms with Crippen LogP contribution in [0.4, 0.5) is 0 Å². The van der Waals surface area contributed by atoms with Crippen molar-refractivity contribution < 1.29 is 14.3 Å². The van der Waals surface area contributed by atoms with Crippen molar-refractivity contribution in [2.24, 2.45) is 0 Å². The molecule has 27 heavy (non-hydrogen) atoms. The Morgan fingerprint density at radius 2 is 1.44 bits per heavy atom. The molecule has 3 nitrogen and oxygen atoms in total. The third kappa shape index (κ3) is 2.22. The van der Waals surface area contributed by atoms with Crippen molar-refractivity contribution in [2.45, 2.75) is 32.8 Å². The lowest BCUT2D eigenvalue weighted by Crippen LogP contribution is -2.15. The minimum atomic E-state index is -0.854. The molecule has 0 saturated carbocycles. The van der Waals surface area contributed by atoms with Crippen LogP contribution in [0.1, 0.15) is 50.2 Å². The molecule has 134 valence electrons. The van der Waals surface area contributed by atoms with E-state index in [1.807, 2.05) is 19.9 Å². The van der Waals surface area contributed by atoms with E-state index in [1.165, 1.54) is 5.56 Å². The Hall–Kier alpha value is -2.91. The lowest BCUT2D eigenvalue weighted by atomic mass is 9.84. The highest BCUT2D eigenvalue weighted by molar-refractivity contribution is 6.13. The fraction of sp³-hybridized carbons (Fsp3) is 0.208. The summed E-state index contributed by atoms with van der Waals surface area (Å²) < 4.78 is 5.58. The van der Waals surface area contributed by atoms with E-state index < -0.39 is 12.0 Å².